The number of azide groups is 1. The quantitative estimate of drug-likeness (QED) is 0.348. The first-order valence-electron chi connectivity index (χ1n) is 6.23. The third-order valence-electron chi connectivity index (χ3n) is 3.14. The van der Waals surface area contributed by atoms with Gasteiger partial charge in [0.2, 0.25) is 0 Å². The Bertz CT molecular complexity index is 476. The van der Waals surface area contributed by atoms with E-state index in [2.05, 4.69) is 10.0 Å². The lowest BCUT2D eigenvalue weighted by atomic mass is 9.93. The minimum Gasteiger partial charge on any atom is -0.469 e. The monoisotopic (exact) mass is 261 g/mol. The van der Waals surface area contributed by atoms with Crippen molar-refractivity contribution >= 4 is 5.97 Å². The van der Waals surface area contributed by atoms with Gasteiger partial charge in [0.15, 0.2) is 0 Å². The number of carbonyl (C=O) groups is 1. The molecule has 0 heterocycles. The highest BCUT2D eigenvalue weighted by Crippen LogP contribution is 2.27. The van der Waals surface area contributed by atoms with Gasteiger partial charge >= 0.3 is 5.97 Å². The van der Waals surface area contributed by atoms with Gasteiger partial charge in [0.1, 0.15) is 0 Å². The van der Waals surface area contributed by atoms with E-state index in [1.165, 1.54) is 7.11 Å². The van der Waals surface area contributed by atoms with E-state index in [1.54, 1.807) is 6.92 Å². The molecule has 1 aromatic rings. The van der Waals surface area contributed by atoms with Crippen molar-refractivity contribution in [3.8, 4) is 0 Å². The van der Waals surface area contributed by atoms with E-state index in [0.717, 1.165) is 11.1 Å². The Balaban J connectivity index is 2.98. The van der Waals surface area contributed by atoms with Crippen LogP contribution in [0.5, 0.6) is 0 Å². The van der Waals surface area contributed by atoms with Gasteiger partial charge in [-0.05, 0) is 29.5 Å². The SMILES string of the molecule is COC(=O)C(C)c1ccc(C(N=[N+]=[N-])C(C)C)cc1. The molecule has 0 saturated heterocycles. The number of nitrogens with zero attached hydrogens (tertiary/aromatic N) is 3. The first-order chi connectivity index (χ1) is 9.01. The lowest BCUT2D eigenvalue weighted by Gasteiger charge is -2.16. The van der Waals surface area contributed by atoms with Gasteiger partial charge in [0.05, 0.1) is 19.1 Å². The molecule has 0 aliphatic rings. The van der Waals surface area contributed by atoms with Crippen molar-refractivity contribution in [3.05, 3.63) is 45.8 Å². The Morgan fingerprint density at radius 3 is 2.16 bits per heavy atom. The molecule has 5 heteroatoms. The highest BCUT2D eigenvalue weighted by Gasteiger charge is 2.17. The maximum atomic E-state index is 11.5. The molecule has 19 heavy (non-hydrogen) atoms. The lowest BCUT2D eigenvalue weighted by molar-refractivity contribution is -0.141. The zero-order valence-electron chi connectivity index (χ0n) is 11.7. The molecule has 0 fully saturated rings. The van der Waals surface area contributed by atoms with Crippen molar-refractivity contribution in [2.45, 2.75) is 32.7 Å². The Morgan fingerprint density at radius 2 is 1.74 bits per heavy atom. The maximum Gasteiger partial charge on any atom is 0.312 e. The molecule has 102 valence electrons. The molecule has 5 nitrogen and oxygen atoms in total. The van der Waals surface area contributed by atoms with Crippen LogP contribution in [0.1, 0.15) is 43.9 Å². The number of hydrogen-bond acceptors (Lipinski definition) is 3. The average Bonchev–Trinajstić information content (AvgIpc) is 2.43. The van der Waals surface area contributed by atoms with E-state index < -0.39 is 0 Å². The Labute approximate surface area is 113 Å². The zero-order chi connectivity index (χ0) is 14.4. The Morgan fingerprint density at radius 1 is 1.21 bits per heavy atom. The van der Waals surface area contributed by atoms with Gasteiger partial charge in [0, 0.05) is 4.91 Å². The minimum absolute atomic E-state index is 0.188. The minimum atomic E-state index is -0.295. The molecular weight excluding hydrogens is 242 g/mol. The lowest BCUT2D eigenvalue weighted by Crippen LogP contribution is -2.11. The van der Waals surface area contributed by atoms with Crippen LogP contribution in [-0.4, -0.2) is 13.1 Å². The number of methoxy groups -OCH3 is 1. The predicted octanol–water partition coefficient (Wildman–Crippen LogP) is 3.97. The van der Waals surface area contributed by atoms with Crippen LogP contribution in [-0.2, 0) is 9.53 Å². The number of rotatable bonds is 5. The number of esters is 1. The number of hydrogen-bond donors (Lipinski definition) is 0. The zero-order valence-corrected chi connectivity index (χ0v) is 11.7. The van der Waals surface area contributed by atoms with Crippen LogP contribution in [0, 0.1) is 5.92 Å². The van der Waals surface area contributed by atoms with E-state index in [9.17, 15) is 4.79 Å². The van der Waals surface area contributed by atoms with Gasteiger partial charge in [-0.1, -0.05) is 43.2 Å². The summed E-state index contributed by atoms with van der Waals surface area (Å²) in [4.78, 5) is 14.3. The molecule has 0 amide bonds. The fourth-order valence-electron chi connectivity index (χ4n) is 1.94. The summed E-state index contributed by atoms with van der Waals surface area (Å²) in [7, 11) is 1.38. The molecule has 0 saturated carbocycles. The molecule has 0 aliphatic carbocycles. The third kappa shape index (κ3) is 3.73. The maximum absolute atomic E-state index is 11.5. The molecule has 0 spiro atoms. The van der Waals surface area contributed by atoms with Crippen LogP contribution in [0.4, 0.5) is 0 Å². The van der Waals surface area contributed by atoms with Gasteiger partial charge < -0.3 is 4.74 Å². The molecular formula is C14H19N3O2. The summed E-state index contributed by atoms with van der Waals surface area (Å²) < 4.78 is 4.72. The first-order valence-corrected chi connectivity index (χ1v) is 6.23. The normalized spacial score (nSPS) is 13.5. The highest BCUT2D eigenvalue weighted by atomic mass is 16.5. The molecule has 0 aromatic heterocycles. The second-order valence-corrected chi connectivity index (χ2v) is 4.81. The molecule has 1 rings (SSSR count). The second kappa shape index (κ2) is 6.81. The average molecular weight is 261 g/mol. The van der Waals surface area contributed by atoms with E-state index in [-0.39, 0.29) is 23.8 Å². The van der Waals surface area contributed by atoms with Crippen molar-refractivity contribution in [1.29, 1.82) is 0 Å². The van der Waals surface area contributed by atoms with Crippen LogP contribution in [0.3, 0.4) is 0 Å². The van der Waals surface area contributed by atoms with E-state index >= 15 is 0 Å². The van der Waals surface area contributed by atoms with Crippen molar-refractivity contribution in [2.75, 3.05) is 7.11 Å². The van der Waals surface area contributed by atoms with Crippen molar-refractivity contribution in [2.24, 2.45) is 11.0 Å². The predicted molar refractivity (Wildman–Crippen MR) is 73.6 cm³/mol. The molecule has 0 bridgehead atoms. The summed E-state index contributed by atoms with van der Waals surface area (Å²) in [5.41, 5.74) is 10.4. The van der Waals surface area contributed by atoms with Crippen LogP contribution in [0.25, 0.3) is 10.4 Å². The molecule has 0 radical (unpaired) electrons. The van der Waals surface area contributed by atoms with Crippen molar-refractivity contribution < 1.29 is 9.53 Å². The van der Waals surface area contributed by atoms with Gasteiger partial charge in [-0.15, -0.1) is 0 Å². The van der Waals surface area contributed by atoms with Gasteiger partial charge in [-0.25, -0.2) is 0 Å². The van der Waals surface area contributed by atoms with E-state index in [0.29, 0.717) is 0 Å². The fraction of sp³-hybridized carbons (Fsp3) is 0.500. The Kier molecular flexibility index (Phi) is 5.39. The van der Waals surface area contributed by atoms with Crippen molar-refractivity contribution in [1.82, 2.24) is 0 Å². The van der Waals surface area contributed by atoms with Crippen LogP contribution in [0.15, 0.2) is 29.4 Å². The summed E-state index contributed by atoms with van der Waals surface area (Å²) in [5, 5.41) is 3.81. The molecule has 2 unspecified atom stereocenters. The number of carbonyl (C=O) groups excluding carboxylic acids is 1. The first kappa shape index (κ1) is 15.1. The second-order valence-electron chi connectivity index (χ2n) is 4.81. The molecule has 0 N–H and O–H groups in total. The van der Waals surface area contributed by atoms with Gasteiger partial charge in [0.25, 0.3) is 0 Å². The van der Waals surface area contributed by atoms with E-state index in [4.69, 9.17) is 10.3 Å². The summed E-state index contributed by atoms with van der Waals surface area (Å²) in [5.74, 6) is -0.334. The summed E-state index contributed by atoms with van der Waals surface area (Å²) >= 11 is 0. The smallest absolute Gasteiger partial charge is 0.312 e. The summed E-state index contributed by atoms with van der Waals surface area (Å²) in [6.07, 6.45) is 0. The number of ether oxygens (including phenoxy) is 1. The molecule has 1 aromatic carbocycles. The highest BCUT2D eigenvalue weighted by molar-refractivity contribution is 5.77. The Hall–Kier alpha value is -2.00. The molecule has 0 aliphatic heterocycles. The summed E-state index contributed by atoms with van der Waals surface area (Å²) in [6, 6.07) is 7.35. The van der Waals surface area contributed by atoms with Crippen LogP contribution in [0.2, 0.25) is 0 Å². The van der Waals surface area contributed by atoms with Gasteiger partial charge in [-0.2, -0.15) is 0 Å². The number of benzene rings is 1. The third-order valence-corrected chi connectivity index (χ3v) is 3.14. The topological polar surface area (TPSA) is 75.1 Å². The van der Waals surface area contributed by atoms with E-state index in [1.807, 2.05) is 38.1 Å². The van der Waals surface area contributed by atoms with Crippen LogP contribution < -0.4 is 0 Å². The van der Waals surface area contributed by atoms with Crippen LogP contribution >= 0.6 is 0 Å². The standard InChI is InChI=1S/C14H19N3O2/c1-9(2)13(16-17-15)12-7-5-11(6-8-12)10(3)14(18)19-4/h5-10,13H,1-4H3. The van der Waals surface area contributed by atoms with Gasteiger partial charge in [-0.3, -0.25) is 4.79 Å². The largest absolute Gasteiger partial charge is 0.469 e. The molecule has 2 atom stereocenters. The van der Waals surface area contributed by atoms with Crippen molar-refractivity contribution in [3.63, 3.8) is 0 Å². The summed E-state index contributed by atoms with van der Waals surface area (Å²) in [6.45, 7) is 5.81. The fourth-order valence-corrected chi connectivity index (χ4v) is 1.94.